The quantitative estimate of drug-likeness (QED) is 0.630. The van der Waals surface area contributed by atoms with Crippen molar-refractivity contribution in [1.29, 1.82) is 0 Å². The molecule has 1 aromatic rings. The van der Waals surface area contributed by atoms with Crippen LogP contribution in [0.4, 0.5) is 5.95 Å². The van der Waals surface area contributed by atoms with Gasteiger partial charge in [0.1, 0.15) is 5.03 Å². The van der Waals surface area contributed by atoms with Gasteiger partial charge in [-0.1, -0.05) is 30.3 Å². The molecule has 2 N–H and O–H groups in total. The van der Waals surface area contributed by atoms with E-state index in [0.29, 0.717) is 16.0 Å². The summed E-state index contributed by atoms with van der Waals surface area (Å²) in [7, 11) is 1.75. The normalized spacial score (nSPS) is 14.7. The number of nitrogens with one attached hydrogen (secondary N) is 1. The van der Waals surface area contributed by atoms with Gasteiger partial charge in [0.25, 0.3) is 0 Å². The lowest BCUT2D eigenvalue weighted by atomic mass is 10.3. The maximum atomic E-state index is 9.38. The predicted octanol–water partition coefficient (Wildman–Crippen LogP) is 2.03. The summed E-state index contributed by atoms with van der Waals surface area (Å²) in [6, 6.07) is 0. The minimum absolute atomic E-state index is 0.0436. The summed E-state index contributed by atoms with van der Waals surface area (Å²) in [5, 5.41) is 13.5. The van der Waals surface area contributed by atoms with E-state index >= 15 is 0 Å². The first kappa shape index (κ1) is 12.5. The van der Waals surface area contributed by atoms with E-state index in [1.807, 2.05) is 6.92 Å². The first-order chi connectivity index (χ1) is 7.04. The molecule has 0 radical (unpaired) electrons. The maximum Gasteiger partial charge on any atom is 0.223 e. The van der Waals surface area contributed by atoms with Gasteiger partial charge < -0.3 is 10.4 Å². The molecule has 4 nitrogen and oxygen atoms in total. The van der Waals surface area contributed by atoms with E-state index in [1.165, 1.54) is 11.8 Å². The van der Waals surface area contributed by atoms with Crippen LogP contribution in [-0.2, 0) is 0 Å². The van der Waals surface area contributed by atoms with Gasteiger partial charge in [0, 0.05) is 12.3 Å². The third-order valence-electron chi connectivity index (χ3n) is 1.91. The Kier molecular flexibility index (Phi) is 4.63. The molecule has 84 valence electrons. The Labute approximate surface area is 98.5 Å². The number of aliphatic hydroxyl groups excluding tert-OH is 1. The first-order valence-corrected chi connectivity index (χ1v) is 5.85. The molecule has 0 saturated heterocycles. The highest BCUT2D eigenvalue weighted by molar-refractivity contribution is 8.00. The lowest BCUT2D eigenvalue weighted by Gasteiger charge is -2.14. The SMILES string of the molecule is CNc1ncc(Cl)c(SC(C)C(C)O)n1. The third kappa shape index (κ3) is 3.52. The van der Waals surface area contributed by atoms with Crippen molar-refractivity contribution in [2.75, 3.05) is 12.4 Å². The zero-order valence-corrected chi connectivity index (χ0v) is 10.4. The van der Waals surface area contributed by atoms with E-state index in [0.717, 1.165) is 0 Å². The Morgan fingerprint density at radius 2 is 2.20 bits per heavy atom. The average Bonchev–Trinajstić information content (AvgIpc) is 2.21. The number of thioether (sulfide) groups is 1. The molecule has 2 unspecified atom stereocenters. The van der Waals surface area contributed by atoms with E-state index in [2.05, 4.69) is 15.3 Å². The molecular formula is C9H14ClN3OS. The summed E-state index contributed by atoms with van der Waals surface area (Å²) in [6.45, 7) is 3.67. The summed E-state index contributed by atoms with van der Waals surface area (Å²) in [5.74, 6) is 0.527. The molecule has 0 bridgehead atoms. The summed E-state index contributed by atoms with van der Waals surface area (Å²) in [6.07, 6.45) is 1.15. The van der Waals surface area contributed by atoms with Crippen molar-refractivity contribution in [3.8, 4) is 0 Å². The standard InChI is InChI=1S/C9H14ClN3OS/c1-5(14)6(2)15-8-7(10)4-12-9(11-3)13-8/h4-6,14H,1-3H3,(H,11,12,13). The Hall–Kier alpha value is -0.520. The minimum atomic E-state index is -0.404. The molecule has 2 atom stereocenters. The summed E-state index contributed by atoms with van der Waals surface area (Å²) in [5.41, 5.74) is 0. The second-order valence-corrected chi connectivity index (χ2v) is 4.93. The minimum Gasteiger partial charge on any atom is -0.392 e. The van der Waals surface area contributed by atoms with Crippen molar-refractivity contribution in [2.45, 2.75) is 30.2 Å². The van der Waals surface area contributed by atoms with Crippen molar-refractivity contribution in [2.24, 2.45) is 0 Å². The van der Waals surface area contributed by atoms with Gasteiger partial charge in [0.2, 0.25) is 5.95 Å². The van der Waals surface area contributed by atoms with Crippen LogP contribution in [0.15, 0.2) is 11.2 Å². The van der Waals surface area contributed by atoms with Crippen molar-refractivity contribution < 1.29 is 5.11 Å². The van der Waals surface area contributed by atoms with Crippen molar-refractivity contribution >= 4 is 29.3 Å². The number of halogens is 1. The van der Waals surface area contributed by atoms with Crippen LogP contribution < -0.4 is 5.32 Å². The second-order valence-electron chi connectivity index (χ2n) is 3.16. The molecule has 1 heterocycles. The Bertz CT molecular complexity index is 335. The molecule has 0 saturated carbocycles. The van der Waals surface area contributed by atoms with Crippen LogP contribution in [0.5, 0.6) is 0 Å². The highest BCUT2D eigenvalue weighted by Crippen LogP contribution is 2.29. The highest BCUT2D eigenvalue weighted by Gasteiger charge is 2.14. The number of aliphatic hydroxyl groups is 1. The zero-order valence-electron chi connectivity index (χ0n) is 8.86. The van der Waals surface area contributed by atoms with Gasteiger partial charge in [0.15, 0.2) is 0 Å². The Balaban J connectivity index is 2.83. The van der Waals surface area contributed by atoms with E-state index in [4.69, 9.17) is 11.6 Å². The number of anilines is 1. The largest absolute Gasteiger partial charge is 0.392 e. The van der Waals surface area contributed by atoms with Crippen molar-refractivity contribution in [3.63, 3.8) is 0 Å². The number of aromatic nitrogens is 2. The summed E-state index contributed by atoms with van der Waals surface area (Å²) >= 11 is 7.38. The number of nitrogens with zero attached hydrogens (tertiary/aromatic N) is 2. The van der Waals surface area contributed by atoms with Crippen molar-refractivity contribution in [1.82, 2.24) is 9.97 Å². The fraction of sp³-hybridized carbons (Fsp3) is 0.556. The maximum absolute atomic E-state index is 9.38. The van der Waals surface area contributed by atoms with E-state index in [1.54, 1.807) is 20.2 Å². The van der Waals surface area contributed by atoms with Gasteiger partial charge in [-0.15, -0.1) is 0 Å². The fourth-order valence-electron chi connectivity index (χ4n) is 0.829. The molecule has 0 aliphatic heterocycles. The third-order valence-corrected chi connectivity index (χ3v) is 3.60. The topological polar surface area (TPSA) is 58.0 Å². The molecule has 0 spiro atoms. The number of hydrogen-bond acceptors (Lipinski definition) is 5. The van der Waals surface area contributed by atoms with Crippen LogP contribution in [0.2, 0.25) is 5.02 Å². The molecular weight excluding hydrogens is 234 g/mol. The van der Waals surface area contributed by atoms with Crippen LogP contribution in [0.25, 0.3) is 0 Å². The van der Waals surface area contributed by atoms with E-state index < -0.39 is 6.10 Å². The van der Waals surface area contributed by atoms with Crippen LogP contribution in [0, 0.1) is 0 Å². The van der Waals surface area contributed by atoms with Crippen LogP contribution >= 0.6 is 23.4 Å². The van der Waals surface area contributed by atoms with Gasteiger partial charge >= 0.3 is 0 Å². The van der Waals surface area contributed by atoms with Gasteiger partial charge in [-0.3, -0.25) is 0 Å². The molecule has 15 heavy (non-hydrogen) atoms. The molecule has 0 aliphatic carbocycles. The van der Waals surface area contributed by atoms with Gasteiger partial charge in [-0.05, 0) is 6.92 Å². The van der Waals surface area contributed by atoms with Crippen molar-refractivity contribution in [3.05, 3.63) is 11.2 Å². The molecule has 6 heteroatoms. The lowest BCUT2D eigenvalue weighted by molar-refractivity contribution is 0.196. The van der Waals surface area contributed by atoms with Crippen LogP contribution in [0.1, 0.15) is 13.8 Å². The molecule has 1 rings (SSSR count). The van der Waals surface area contributed by atoms with Gasteiger partial charge in [-0.2, -0.15) is 0 Å². The highest BCUT2D eigenvalue weighted by atomic mass is 35.5. The summed E-state index contributed by atoms with van der Waals surface area (Å²) in [4.78, 5) is 8.19. The van der Waals surface area contributed by atoms with Gasteiger partial charge in [0.05, 0.1) is 17.3 Å². The molecule has 0 aliphatic rings. The lowest BCUT2D eigenvalue weighted by Crippen LogP contribution is -2.15. The van der Waals surface area contributed by atoms with Crippen LogP contribution in [-0.4, -0.2) is 33.5 Å². The van der Waals surface area contributed by atoms with E-state index in [9.17, 15) is 5.11 Å². The fourth-order valence-corrected chi connectivity index (χ4v) is 1.91. The average molecular weight is 248 g/mol. The Morgan fingerprint density at radius 3 is 2.73 bits per heavy atom. The monoisotopic (exact) mass is 247 g/mol. The Morgan fingerprint density at radius 1 is 1.53 bits per heavy atom. The number of rotatable bonds is 4. The predicted molar refractivity (Wildman–Crippen MR) is 63.6 cm³/mol. The van der Waals surface area contributed by atoms with E-state index in [-0.39, 0.29) is 5.25 Å². The summed E-state index contributed by atoms with van der Waals surface area (Å²) < 4.78 is 0. The van der Waals surface area contributed by atoms with Gasteiger partial charge in [-0.25, -0.2) is 9.97 Å². The zero-order chi connectivity index (χ0) is 11.4. The molecule has 1 aromatic heterocycles. The molecule has 0 fully saturated rings. The molecule has 0 amide bonds. The molecule has 0 aromatic carbocycles. The smallest absolute Gasteiger partial charge is 0.223 e. The second kappa shape index (κ2) is 5.53. The first-order valence-electron chi connectivity index (χ1n) is 4.59. The number of hydrogen-bond donors (Lipinski definition) is 2. The van der Waals surface area contributed by atoms with Crippen LogP contribution in [0.3, 0.4) is 0 Å².